The van der Waals surface area contributed by atoms with E-state index in [0.717, 1.165) is 30.0 Å². The van der Waals surface area contributed by atoms with E-state index in [1.807, 2.05) is 36.4 Å². The molecule has 1 saturated carbocycles. The molecule has 1 aliphatic carbocycles. The van der Waals surface area contributed by atoms with E-state index in [2.05, 4.69) is 12.1 Å². The van der Waals surface area contributed by atoms with Gasteiger partial charge >= 0.3 is 0 Å². The van der Waals surface area contributed by atoms with Crippen molar-refractivity contribution >= 4 is 5.69 Å². The molecule has 0 unspecified atom stereocenters. The van der Waals surface area contributed by atoms with Gasteiger partial charge in [0.15, 0.2) is 0 Å². The van der Waals surface area contributed by atoms with Crippen molar-refractivity contribution in [3.8, 4) is 11.5 Å². The summed E-state index contributed by atoms with van der Waals surface area (Å²) in [6, 6.07) is 16.1. The number of benzene rings is 2. The normalized spacial score (nSPS) is 21.7. The summed E-state index contributed by atoms with van der Waals surface area (Å²) in [7, 11) is 0. The summed E-state index contributed by atoms with van der Waals surface area (Å²) in [5, 5.41) is 0. The maximum Gasteiger partial charge on any atom is 0.127 e. The van der Waals surface area contributed by atoms with Gasteiger partial charge in [-0.2, -0.15) is 0 Å². The molecule has 4 N–H and O–H groups in total. The molecule has 0 aromatic heterocycles. The second kappa shape index (κ2) is 4.94. The third kappa shape index (κ3) is 2.71. The van der Waals surface area contributed by atoms with Crippen molar-refractivity contribution in [2.75, 3.05) is 5.73 Å². The van der Waals surface area contributed by atoms with Crippen LogP contribution in [-0.2, 0) is 0 Å². The Balaban J connectivity index is 1.67. The molecular weight excluding hydrogens is 236 g/mol. The Kier molecular flexibility index (Phi) is 3.13. The average Bonchev–Trinajstić information content (AvgIpc) is 2.39. The Morgan fingerprint density at radius 3 is 1.89 bits per heavy atom. The fourth-order valence-corrected chi connectivity index (χ4v) is 2.41. The van der Waals surface area contributed by atoms with Gasteiger partial charge in [0, 0.05) is 11.7 Å². The number of rotatable bonds is 3. The zero-order chi connectivity index (χ0) is 13.2. The molecule has 2 aromatic rings. The first kappa shape index (κ1) is 12.1. The van der Waals surface area contributed by atoms with Crippen LogP contribution < -0.4 is 16.2 Å². The molecule has 0 bridgehead atoms. The molecule has 3 heteroatoms. The lowest BCUT2D eigenvalue weighted by Crippen LogP contribution is -2.34. The van der Waals surface area contributed by atoms with E-state index >= 15 is 0 Å². The lowest BCUT2D eigenvalue weighted by Gasteiger charge is -2.32. The van der Waals surface area contributed by atoms with Gasteiger partial charge < -0.3 is 16.2 Å². The van der Waals surface area contributed by atoms with Crippen molar-refractivity contribution < 1.29 is 4.74 Å². The van der Waals surface area contributed by atoms with Gasteiger partial charge in [-0.25, -0.2) is 0 Å². The molecule has 19 heavy (non-hydrogen) atoms. The van der Waals surface area contributed by atoms with E-state index in [1.165, 1.54) is 5.56 Å². The van der Waals surface area contributed by atoms with E-state index in [1.54, 1.807) is 0 Å². The minimum Gasteiger partial charge on any atom is -0.457 e. The summed E-state index contributed by atoms with van der Waals surface area (Å²) in [5.41, 5.74) is 13.5. The van der Waals surface area contributed by atoms with Crippen LogP contribution in [0.4, 0.5) is 5.69 Å². The molecule has 0 saturated heterocycles. The molecule has 3 nitrogen and oxygen atoms in total. The van der Waals surface area contributed by atoms with Gasteiger partial charge in [-0.05, 0) is 60.7 Å². The SMILES string of the molecule is Nc1ccc(Oc2ccc(C3CC(N)C3)cc2)cc1. The first-order valence-corrected chi connectivity index (χ1v) is 6.59. The predicted octanol–water partition coefficient (Wildman–Crippen LogP) is 3.27. The van der Waals surface area contributed by atoms with Crippen molar-refractivity contribution in [1.29, 1.82) is 0 Å². The fourth-order valence-electron chi connectivity index (χ4n) is 2.41. The van der Waals surface area contributed by atoms with E-state index in [4.69, 9.17) is 16.2 Å². The van der Waals surface area contributed by atoms with E-state index in [9.17, 15) is 0 Å². The van der Waals surface area contributed by atoms with E-state index < -0.39 is 0 Å². The van der Waals surface area contributed by atoms with Crippen LogP contribution in [0.2, 0.25) is 0 Å². The largest absolute Gasteiger partial charge is 0.457 e. The average molecular weight is 254 g/mol. The second-order valence-electron chi connectivity index (χ2n) is 5.17. The lowest BCUT2D eigenvalue weighted by molar-refractivity contribution is 0.351. The zero-order valence-electron chi connectivity index (χ0n) is 10.8. The summed E-state index contributed by atoms with van der Waals surface area (Å²) in [5.74, 6) is 2.27. The van der Waals surface area contributed by atoms with Gasteiger partial charge in [-0.3, -0.25) is 0 Å². The number of nitrogens with two attached hydrogens (primary N) is 2. The van der Waals surface area contributed by atoms with Gasteiger partial charge in [0.05, 0.1) is 0 Å². The lowest BCUT2D eigenvalue weighted by atomic mass is 9.76. The Labute approximate surface area is 113 Å². The third-order valence-electron chi connectivity index (χ3n) is 3.64. The first-order chi connectivity index (χ1) is 9.20. The minimum absolute atomic E-state index is 0.385. The van der Waals surface area contributed by atoms with Gasteiger partial charge in [-0.15, -0.1) is 0 Å². The Hall–Kier alpha value is -2.00. The predicted molar refractivity (Wildman–Crippen MR) is 77.3 cm³/mol. The van der Waals surface area contributed by atoms with Crippen molar-refractivity contribution in [3.63, 3.8) is 0 Å². The first-order valence-electron chi connectivity index (χ1n) is 6.59. The molecule has 1 aliphatic rings. The molecule has 0 heterocycles. The summed E-state index contributed by atoms with van der Waals surface area (Å²) in [4.78, 5) is 0. The summed E-state index contributed by atoms with van der Waals surface area (Å²) in [6.07, 6.45) is 2.19. The maximum absolute atomic E-state index is 5.82. The van der Waals surface area contributed by atoms with Crippen molar-refractivity contribution in [1.82, 2.24) is 0 Å². The highest BCUT2D eigenvalue weighted by molar-refractivity contribution is 5.43. The molecule has 98 valence electrons. The van der Waals surface area contributed by atoms with E-state index in [-0.39, 0.29) is 0 Å². The molecule has 1 fully saturated rings. The quantitative estimate of drug-likeness (QED) is 0.826. The highest BCUT2D eigenvalue weighted by atomic mass is 16.5. The monoisotopic (exact) mass is 254 g/mol. The molecule has 2 aromatic carbocycles. The number of hydrogen-bond donors (Lipinski definition) is 2. The Morgan fingerprint density at radius 1 is 0.842 bits per heavy atom. The van der Waals surface area contributed by atoms with Crippen LogP contribution in [0.25, 0.3) is 0 Å². The summed E-state index contributed by atoms with van der Waals surface area (Å²) in [6.45, 7) is 0. The van der Waals surface area contributed by atoms with Crippen LogP contribution >= 0.6 is 0 Å². The Morgan fingerprint density at radius 2 is 1.37 bits per heavy atom. The molecule has 3 rings (SSSR count). The zero-order valence-corrected chi connectivity index (χ0v) is 10.8. The third-order valence-corrected chi connectivity index (χ3v) is 3.64. The number of ether oxygens (including phenoxy) is 1. The topological polar surface area (TPSA) is 61.3 Å². The maximum atomic E-state index is 5.82. The number of hydrogen-bond acceptors (Lipinski definition) is 3. The Bertz CT molecular complexity index is 542. The van der Waals surface area contributed by atoms with Gasteiger partial charge in [-0.1, -0.05) is 12.1 Å². The van der Waals surface area contributed by atoms with Gasteiger partial charge in [0.1, 0.15) is 11.5 Å². The molecule has 0 radical (unpaired) electrons. The van der Waals surface area contributed by atoms with Crippen LogP contribution in [0.5, 0.6) is 11.5 Å². The molecule has 0 atom stereocenters. The highest BCUT2D eigenvalue weighted by Gasteiger charge is 2.26. The molecule has 0 aliphatic heterocycles. The summed E-state index contributed by atoms with van der Waals surface area (Å²) < 4.78 is 5.76. The van der Waals surface area contributed by atoms with Crippen molar-refractivity contribution in [3.05, 3.63) is 54.1 Å². The standard InChI is InChI=1S/C16H18N2O/c17-13-3-7-16(8-4-13)19-15-5-1-11(2-6-15)12-9-14(18)10-12/h1-8,12,14H,9-10,17-18H2. The number of nitrogen functional groups attached to an aromatic ring is 1. The highest BCUT2D eigenvalue weighted by Crippen LogP contribution is 2.36. The van der Waals surface area contributed by atoms with Crippen LogP contribution in [0, 0.1) is 0 Å². The molecule has 0 amide bonds. The fraction of sp³-hybridized carbons (Fsp3) is 0.250. The van der Waals surface area contributed by atoms with Crippen LogP contribution in [0.15, 0.2) is 48.5 Å². The van der Waals surface area contributed by atoms with Gasteiger partial charge in [0.2, 0.25) is 0 Å². The molecular formula is C16H18N2O. The van der Waals surface area contributed by atoms with Crippen LogP contribution in [0.3, 0.4) is 0 Å². The minimum atomic E-state index is 0.385. The molecule has 0 spiro atoms. The van der Waals surface area contributed by atoms with Crippen LogP contribution in [0.1, 0.15) is 24.3 Å². The summed E-state index contributed by atoms with van der Waals surface area (Å²) >= 11 is 0. The van der Waals surface area contributed by atoms with Crippen molar-refractivity contribution in [2.45, 2.75) is 24.8 Å². The second-order valence-corrected chi connectivity index (χ2v) is 5.17. The van der Waals surface area contributed by atoms with Crippen LogP contribution in [-0.4, -0.2) is 6.04 Å². The van der Waals surface area contributed by atoms with E-state index in [0.29, 0.717) is 12.0 Å². The number of anilines is 1. The smallest absolute Gasteiger partial charge is 0.127 e. The van der Waals surface area contributed by atoms with Gasteiger partial charge in [0.25, 0.3) is 0 Å². The van der Waals surface area contributed by atoms with Crippen molar-refractivity contribution in [2.24, 2.45) is 5.73 Å².